The van der Waals surface area contributed by atoms with Gasteiger partial charge in [-0.2, -0.15) is 0 Å². The number of halogens is 2. The van der Waals surface area contributed by atoms with E-state index in [0.717, 1.165) is 30.7 Å². The third-order valence-corrected chi connectivity index (χ3v) is 4.11. The van der Waals surface area contributed by atoms with E-state index in [0.29, 0.717) is 28.9 Å². The molecule has 0 unspecified atom stereocenters. The molecule has 0 atom stereocenters. The molecule has 0 aliphatic rings. The molecular weight excluding hydrogens is 345 g/mol. The number of hydrogen-bond acceptors (Lipinski definition) is 3. The third kappa shape index (κ3) is 5.99. The summed E-state index contributed by atoms with van der Waals surface area (Å²) in [7, 11) is 1.70. The zero-order valence-corrected chi connectivity index (χ0v) is 15.6. The first-order valence-electron chi connectivity index (χ1n) is 7.96. The van der Waals surface area contributed by atoms with E-state index < -0.39 is 0 Å². The van der Waals surface area contributed by atoms with E-state index in [-0.39, 0.29) is 0 Å². The lowest BCUT2D eigenvalue weighted by Gasteiger charge is -2.15. The monoisotopic (exact) mass is 367 g/mol. The van der Waals surface area contributed by atoms with Gasteiger partial charge in [0.05, 0.1) is 5.02 Å². The van der Waals surface area contributed by atoms with Crippen molar-refractivity contribution in [1.82, 2.24) is 5.32 Å². The van der Waals surface area contributed by atoms with Crippen molar-refractivity contribution in [1.29, 1.82) is 0 Å². The third-order valence-electron chi connectivity index (χ3n) is 3.61. The number of rotatable bonds is 9. The van der Waals surface area contributed by atoms with Gasteiger partial charge >= 0.3 is 0 Å². The van der Waals surface area contributed by atoms with E-state index in [4.69, 9.17) is 32.7 Å². The van der Waals surface area contributed by atoms with E-state index in [9.17, 15) is 0 Å². The molecule has 0 bridgehead atoms. The summed E-state index contributed by atoms with van der Waals surface area (Å²) in [6.45, 7) is 4.77. The zero-order valence-electron chi connectivity index (χ0n) is 14.1. The molecule has 0 spiro atoms. The van der Waals surface area contributed by atoms with Crippen LogP contribution in [0.4, 0.5) is 0 Å². The van der Waals surface area contributed by atoms with Gasteiger partial charge in [-0.25, -0.2) is 0 Å². The second kappa shape index (κ2) is 9.90. The summed E-state index contributed by atoms with van der Waals surface area (Å²) in [5.41, 5.74) is 3.28. The first-order chi connectivity index (χ1) is 11.6. The summed E-state index contributed by atoms with van der Waals surface area (Å²) in [4.78, 5) is 0. The largest absolute Gasteiger partial charge is 0.487 e. The normalized spacial score (nSPS) is 10.8. The van der Waals surface area contributed by atoms with E-state index in [2.05, 4.69) is 36.5 Å². The summed E-state index contributed by atoms with van der Waals surface area (Å²) in [5.74, 6) is 0.681. The standard InChI is InChI=1S/C19H23Cl2NO2/c1-14-4-6-15(7-5-14)13-24-19-16(10-17(20)11-18(19)21)12-22-8-3-9-23-2/h4-7,10-11,22H,3,8-9,12-13H2,1-2H3. The van der Waals surface area contributed by atoms with Crippen molar-refractivity contribution in [3.8, 4) is 5.75 Å². The Balaban J connectivity index is 2.02. The molecule has 0 fully saturated rings. The molecule has 130 valence electrons. The van der Waals surface area contributed by atoms with Gasteiger partial charge in [0.1, 0.15) is 12.4 Å². The number of benzene rings is 2. The summed E-state index contributed by atoms with van der Waals surface area (Å²) in [6, 6.07) is 11.9. The molecule has 0 saturated carbocycles. The average molecular weight is 368 g/mol. The van der Waals surface area contributed by atoms with Crippen LogP contribution < -0.4 is 10.1 Å². The van der Waals surface area contributed by atoms with Gasteiger partial charge in [0.15, 0.2) is 0 Å². The molecular formula is C19H23Cl2NO2. The minimum Gasteiger partial charge on any atom is -0.487 e. The topological polar surface area (TPSA) is 30.5 Å². The van der Waals surface area contributed by atoms with Crippen LogP contribution in [-0.4, -0.2) is 20.3 Å². The Kier molecular flexibility index (Phi) is 7.86. The summed E-state index contributed by atoms with van der Waals surface area (Å²) >= 11 is 12.5. The van der Waals surface area contributed by atoms with Gasteiger partial charge < -0.3 is 14.8 Å². The molecule has 2 aromatic carbocycles. The highest BCUT2D eigenvalue weighted by Crippen LogP contribution is 2.33. The van der Waals surface area contributed by atoms with Gasteiger partial charge in [0, 0.05) is 30.8 Å². The van der Waals surface area contributed by atoms with Crippen molar-refractivity contribution >= 4 is 23.2 Å². The number of hydrogen-bond donors (Lipinski definition) is 1. The molecule has 2 aromatic rings. The highest BCUT2D eigenvalue weighted by Gasteiger charge is 2.11. The molecule has 3 nitrogen and oxygen atoms in total. The average Bonchev–Trinajstić information content (AvgIpc) is 2.55. The first kappa shape index (κ1) is 19.1. The summed E-state index contributed by atoms with van der Waals surface area (Å²) in [5, 5.41) is 4.50. The van der Waals surface area contributed by atoms with Gasteiger partial charge in [-0.15, -0.1) is 0 Å². The van der Waals surface area contributed by atoms with Crippen LogP contribution >= 0.6 is 23.2 Å². The lowest BCUT2D eigenvalue weighted by Crippen LogP contribution is -2.17. The molecule has 1 N–H and O–H groups in total. The fourth-order valence-corrected chi connectivity index (χ4v) is 2.90. The van der Waals surface area contributed by atoms with Crippen molar-refractivity contribution in [3.63, 3.8) is 0 Å². The maximum Gasteiger partial charge on any atom is 0.142 e. The highest BCUT2D eigenvalue weighted by molar-refractivity contribution is 6.35. The van der Waals surface area contributed by atoms with Crippen LogP contribution in [0.3, 0.4) is 0 Å². The fourth-order valence-electron chi connectivity index (χ4n) is 2.31. The van der Waals surface area contributed by atoms with E-state index in [1.165, 1.54) is 5.56 Å². The van der Waals surface area contributed by atoms with Crippen molar-refractivity contribution in [2.75, 3.05) is 20.3 Å². The minimum atomic E-state index is 0.471. The molecule has 0 aliphatic carbocycles. The predicted molar refractivity (Wildman–Crippen MR) is 100 cm³/mol. The number of ether oxygens (including phenoxy) is 2. The van der Waals surface area contributed by atoms with Gasteiger partial charge in [0.25, 0.3) is 0 Å². The number of methoxy groups -OCH3 is 1. The first-order valence-corrected chi connectivity index (χ1v) is 8.71. The predicted octanol–water partition coefficient (Wildman–Crippen LogP) is 5.01. The van der Waals surface area contributed by atoms with Crippen LogP contribution in [-0.2, 0) is 17.9 Å². The van der Waals surface area contributed by atoms with Crippen LogP contribution in [0.1, 0.15) is 23.1 Å². The lowest BCUT2D eigenvalue weighted by atomic mass is 10.1. The number of nitrogens with one attached hydrogen (secondary N) is 1. The maximum absolute atomic E-state index is 6.33. The Morgan fingerprint density at radius 1 is 1.08 bits per heavy atom. The molecule has 0 amide bonds. The van der Waals surface area contributed by atoms with E-state index >= 15 is 0 Å². The van der Waals surface area contributed by atoms with E-state index in [1.807, 2.05) is 6.07 Å². The Bertz CT molecular complexity index is 645. The van der Waals surface area contributed by atoms with E-state index in [1.54, 1.807) is 13.2 Å². The molecule has 0 radical (unpaired) electrons. The van der Waals surface area contributed by atoms with Crippen molar-refractivity contribution in [3.05, 3.63) is 63.1 Å². The van der Waals surface area contributed by atoms with Crippen LogP contribution in [0.25, 0.3) is 0 Å². The molecule has 0 aromatic heterocycles. The highest BCUT2D eigenvalue weighted by atomic mass is 35.5. The Morgan fingerprint density at radius 2 is 1.83 bits per heavy atom. The van der Waals surface area contributed by atoms with Crippen LogP contribution in [0, 0.1) is 6.92 Å². The van der Waals surface area contributed by atoms with Crippen molar-refractivity contribution in [2.45, 2.75) is 26.5 Å². The SMILES string of the molecule is COCCCNCc1cc(Cl)cc(Cl)c1OCc1ccc(C)cc1. The Labute approximate surface area is 153 Å². The Morgan fingerprint density at radius 3 is 2.54 bits per heavy atom. The van der Waals surface area contributed by atoms with Crippen LogP contribution in [0.15, 0.2) is 36.4 Å². The Hall–Kier alpha value is -1.26. The van der Waals surface area contributed by atoms with Crippen molar-refractivity contribution in [2.24, 2.45) is 0 Å². The molecule has 0 saturated heterocycles. The van der Waals surface area contributed by atoms with Gasteiger partial charge in [-0.3, -0.25) is 0 Å². The molecule has 24 heavy (non-hydrogen) atoms. The molecule has 0 aliphatic heterocycles. The summed E-state index contributed by atoms with van der Waals surface area (Å²) < 4.78 is 11.0. The van der Waals surface area contributed by atoms with Gasteiger partial charge in [-0.1, -0.05) is 53.0 Å². The smallest absolute Gasteiger partial charge is 0.142 e. The summed E-state index contributed by atoms with van der Waals surface area (Å²) in [6.07, 6.45) is 0.949. The minimum absolute atomic E-state index is 0.471. The second-order valence-corrected chi connectivity index (χ2v) is 6.52. The number of aryl methyl sites for hydroxylation is 1. The van der Waals surface area contributed by atoms with Crippen molar-refractivity contribution < 1.29 is 9.47 Å². The maximum atomic E-state index is 6.33. The second-order valence-electron chi connectivity index (χ2n) is 5.67. The van der Waals surface area contributed by atoms with Crippen LogP contribution in [0.2, 0.25) is 10.0 Å². The lowest BCUT2D eigenvalue weighted by molar-refractivity contribution is 0.194. The van der Waals surface area contributed by atoms with Gasteiger partial charge in [0.2, 0.25) is 0 Å². The molecule has 2 rings (SSSR count). The van der Waals surface area contributed by atoms with Crippen LogP contribution in [0.5, 0.6) is 5.75 Å². The quantitative estimate of drug-likeness (QED) is 0.632. The molecule has 0 heterocycles. The molecule has 5 heteroatoms. The van der Waals surface area contributed by atoms with Gasteiger partial charge in [-0.05, 0) is 37.6 Å². The fraction of sp³-hybridized carbons (Fsp3) is 0.368. The zero-order chi connectivity index (χ0) is 17.4.